The van der Waals surface area contributed by atoms with Crippen LogP contribution in [0.25, 0.3) is 11.4 Å². The zero-order chi connectivity index (χ0) is 12.7. The number of nitrogens with two attached hydrogens (primary N) is 1. The van der Waals surface area contributed by atoms with Gasteiger partial charge in [0.2, 0.25) is 0 Å². The Kier molecular flexibility index (Phi) is 2.54. The zero-order valence-corrected chi connectivity index (χ0v) is 10.8. The quantitative estimate of drug-likeness (QED) is 0.832. The number of nitrogen functional groups attached to an aromatic ring is 1. The number of rotatable bonds is 1. The average molecular weight is 239 g/mol. The molecular formula is C15H17N3. The van der Waals surface area contributed by atoms with Gasteiger partial charge < -0.3 is 5.73 Å². The number of anilines is 1. The van der Waals surface area contributed by atoms with Gasteiger partial charge in [0.1, 0.15) is 5.82 Å². The van der Waals surface area contributed by atoms with Gasteiger partial charge in [-0.1, -0.05) is 17.2 Å². The van der Waals surface area contributed by atoms with E-state index in [2.05, 4.69) is 42.0 Å². The van der Waals surface area contributed by atoms with Gasteiger partial charge >= 0.3 is 0 Å². The molecule has 0 amide bonds. The number of aryl methyl sites for hydroxylation is 3. The van der Waals surface area contributed by atoms with Gasteiger partial charge in [-0.2, -0.15) is 0 Å². The third-order valence-corrected chi connectivity index (χ3v) is 3.44. The molecule has 0 saturated heterocycles. The van der Waals surface area contributed by atoms with Crippen LogP contribution in [0, 0.1) is 13.8 Å². The fourth-order valence-corrected chi connectivity index (χ4v) is 2.69. The first-order valence-corrected chi connectivity index (χ1v) is 6.37. The lowest BCUT2D eigenvalue weighted by Crippen LogP contribution is -2.03. The number of benzene rings is 1. The summed E-state index contributed by atoms with van der Waals surface area (Å²) in [6.45, 7) is 4.18. The highest BCUT2D eigenvalue weighted by Crippen LogP contribution is 2.28. The molecule has 1 aliphatic rings. The summed E-state index contributed by atoms with van der Waals surface area (Å²) in [6, 6.07) is 6.38. The molecule has 3 nitrogen and oxygen atoms in total. The van der Waals surface area contributed by atoms with Crippen molar-refractivity contribution in [1.29, 1.82) is 0 Å². The molecule has 1 aromatic carbocycles. The summed E-state index contributed by atoms with van der Waals surface area (Å²) in [5.41, 5.74) is 11.8. The van der Waals surface area contributed by atoms with E-state index in [1.54, 1.807) is 0 Å². The largest absolute Gasteiger partial charge is 0.383 e. The van der Waals surface area contributed by atoms with E-state index >= 15 is 0 Å². The smallest absolute Gasteiger partial charge is 0.161 e. The van der Waals surface area contributed by atoms with Crippen LogP contribution in [-0.4, -0.2) is 9.97 Å². The van der Waals surface area contributed by atoms with Crippen LogP contribution in [0.5, 0.6) is 0 Å². The predicted molar refractivity (Wildman–Crippen MR) is 73.4 cm³/mol. The number of fused-ring (bicyclic) bond motifs is 1. The molecule has 0 fully saturated rings. The van der Waals surface area contributed by atoms with Crippen molar-refractivity contribution in [2.45, 2.75) is 33.1 Å². The van der Waals surface area contributed by atoms with E-state index in [-0.39, 0.29) is 0 Å². The van der Waals surface area contributed by atoms with E-state index in [1.165, 1.54) is 11.1 Å². The second-order valence-corrected chi connectivity index (χ2v) is 5.09. The summed E-state index contributed by atoms with van der Waals surface area (Å²) in [7, 11) is 0. The Hall–Kier alpha value is -1.90. The third-order valence-electron chi connectivity index (χ3n) is 3.44. The second-order valence-electron chi connectivity index (χ2n) is 5.09. The highest BCUT2D eigenvalue weighted by Gasteiger charge is 2.18. The highest BCUT2D eigenvalue weighted by atomic mass is 15.0. The zero-order valence-electron chi connectivity index (χ0n) is 10.8. The van der Waals surface area contributed by atoms with Crippen LogP contribution in [0.15, 0.2) is 18.2 Å². The Labute approximate surface area is 107 Å². The number of hydrogen-bond acceptors (Lipinski definition) is 3. The number of nitrogens with zero attached hydrogens (tertiary/aromatic N) is 2. The van der Waals surface area contributed by atoms with Gasteiger partial charge in [0.25, 0.3) is 0 Å². The number of hydrogen-bond donors (Lipinski definition) is 1. The van der Waals surface area contributed by atoms with Crippen LogP contribution in [0.4, 0.5) is 5.82 Å². The Bertz CT molecular complexity index is 597. The lowest BCUT2D eigenvalue weighted by Gasteiger charge is -2.08. The average Bonchev–Trinajstić information content (AvgIpc) is 2.76. The fraction of sp³-hybridized carbons (Fsp3) is 0.333. The van der Waals surface area contributed by atoms with E-state index in [0.29, 0.717) is 5.82 Å². The van der Waals surface area contributed by atoms with Gasteiger partial charge in [-0.05, 0) is 45.2 Å². The topological polar surface area (TPSA) is 51.8 Å². The molecule has 1 aliphatic carbocycles. The Morgan fingerprint density at radius 3 is 2.44 bits per heavy atom. The van der Waals surface area contributed by atoms with Crippen molar-refractivity contribution in [2.75, 3.05) is 5.73 Å². The monoisotopic (exact) mass is 239 g/mol. The van der Waals surface area contributed by atoms with Crippen LogP contribution in [0.1, 0.15) is 28.8 Å². The summed E-state index contributed by atoms with van der Waals surface area (Å²) in [5, 5.41) is 0. The van der Waals surface area contributed by atoms with Crippen LogP contribution < -0.4 is 5.73 Å². The standard InChI is InChI=1S/C15H17N3/c1-9-6-10(2)8-11(7-9)15-17-13-5-3-4-12(13)14(16)18-15/h6-8H,3-5H2,1-2H3,(H2,16,17,18). The first-order chi connectivity index (χ1) is 8.63. The molecule has 3 heteroatoms. The summed E-state index contributed by atoms with van der Waals surface area (Å²) in [6.07, 6.45) is 3.19. The van der Waals surface area contributed by atoms with Gasteiger partial charge in [-0.25, -0.2) is 9.97 Å². The van der Waals surface area contributed by atoms with Crippen LogP contribution in [0.3, 0.4) is 0 Å². The van der Waals surface area contributed by atoms with Crippen LogP contribution >= 0.6 is 0 Å². The Balaban J connectivity index is 2.15. The lowest BCUT2D eigenvalue weighted by molar-refractivity contribution is 0.900. The molecule has 0 atom stereocenters. The first kappa shape index (κ1) is 11.2. The SMILES string of the molecule is Cc1cc(C)cc(-c2nc(N)c3c(n2)CCC3)c1. The number of aromatic nitrogens is 2. The third kappa shape index (κ3) is 1.86. The molecule has 2 N–H and O–H groups in total. The van der Waals surface area contributed by atoms with Gasteiger partial charge in [0.05, 0.1) is 0 Å². The summed E-state index contributed by atoms with van der Waals surface area (Å²) >= 11 is 0. The molecule has 0 saturated carbocycles. The molecule has 0 unspecified atom stereocenters. The van der Waals surface area contributed by atoms with Crippen LogP contribution in [0.2, 0.25) is 0 Å². The van der Waals surface area contributed by atoms with Crippen molar-refractivity contribution < 1.29 is 0 Å². The maximum atomic E-state index is 6.04. The molecule has 18 heavy (non-hydrogen) atoms. The minimum Gasteiger partial charge on any atom is -0.383 e. The highest BCUT2D eigenvalue weighted by molar-refractivity contribution is 5.61. The molecule has 0 aliphatic heterocycles. The van der Waals surface area contributed by atoms with Gasteiger partial charge in [0, 0.05) is 16.8 Å². The second kappa shape index (κ2) is 4.09. The van der Waals surface area contributed by atoms with E-state index in [0.717, 1.165) is 41.9 Å². The van der Waals surface area contributed by atoms with Gasteiger partial charge in [-0.3, -0.25) is 0 Å². The molecule has 0 radical (unpaired) electrons. The van der Waals surface area contributed by atoms with E-state index in [9.17, 15) is 0 Å². The minimum absolute atomic E-state index is 0.659. The molecule has 2 aromatic rings. The van der Waals surface area contributed by atoms with Crippen molar-refractivity contribution >= 4 is 5.82 Å². The van der Waals surface area contributed by atoms with Gasteiger partial charge in [-0.15, -0.1) is 0 Å². The maximum Gasteiger partial charge on any atom is 0.161 e. The normalized spacial score (nSPS) is 13.7. The molecule has 92 valence electrons. The Morgan fingerprint density at radius 1 is 1.00 bits per heavy atom. The van der Waals surface area contributed by atoms with Crippen molar-refractivity contribution in [1.82, 2.24) is 9.97 Å². The van der Waals surface area contributed by atoms with Gasteiger partial charge in [0.15, 0.2) is 5.82 Å². The molecule has 3 rings (SSSR count). The summed E-state index contributed by atoms with van der Waals surface area (Å²) in [4.78, 5) is 9.14. The van der Waals surface area contributed by atoms with E-state index in [4.69, 9.17) is 5.73 Å². The van der Waals surface area contributed by atoms with Crippen molar-refractivity contribution in [3.63, 3.8) is 0 Å². The molecule has 0 spiro atoms. The summed E-state index contributed by atoms with van der Waals surface area (Å²) < 4.78 is 0. The van der Waals surface area contributed by atoms with E-state index in [1.807, 2.05) is 0 Å². The minimum atomic E-state index is 0.659. The van der Waals surface area contributed by atoms with E-state index < -0.39 is 0 Å². The van der Waals surface area contributed by atoms with Crippen molar-refractivity contribution in [3.05, 3.63) is 40.6 Å². The molecule has 0 bridgehead atoms. The van der Waals surface area contributed by atoms with Crippen molar-refractivity contribution in [2.24, 2.45) is 0 Å². The molecule has 1 heterocycles. The molecule has 1 aromatic heterocycles. The van der Waals surface area contributed by atoms with Crippen LogP contribution in [-0.2, 0) is 12.8 Å². The lowest BCUT2D eigenvalue weighted by atomic mass is 10.1. The Morgan fingerprint density at radius 2 is 1.72 bits per heavy atom. The maximum absolute atomic E-state index is 6.04. The predicted octanol–water partition coefficient (Wildman–Crippen LogP) is 2.83. The van der Waals surface area contributed by atoms with Crippen molar-refractivity contribution in [3.8, 4) is 11.4 Å². The summed E-state index contributed by atoms with van der Waals surface area (Å²) in [5.74, 6) is 1.42. The molecular weight excluding hydrogens is 222 g/mol. The first-order valence-electron chi connectivity index (χ1n) is 6.37. The fourth-order valence-electron chi connectivity index (χ4n) is 2.69.